The molecule has 0 atom stereocenters. The summed E-state index contributed by atoms with van der Waals surface area (Å²) in [5.74, 6) is 0.549. The van der Waals surface area contributed by atoms with Crippen LogP contribution in [-0.4, -0.2) is 15.8 Å². The number of hydrogen-bond donors (Lipinski definition) is 0. The fraction of sp³-hybridized carbons (Fsp3) is 0.0417. The molecule has 0 spiro atoms. The quantitative estimate of drug-likeness (QED) is 0.229. The second kappa shape index (κ2) is 9.55. The van der Waals surface area contributed by atoms with Crippen molar-refractivity contribution in [1.29, 1.82) is 0 Å². The van der Waals surface area contributed by atoms with E-state index in [9.17, 15) is 25.0 Å². The predicted molar refractivity (Wildman–Crippen MR) is 126 cm³/mol. The van der Waals surface area contributed by atoms with Crippen LogP contribution in [0.3, 0.4) is 0 Å². The Bertz CT molecular complexity index is 1370. The molecule has 0 aliphatic rings. The second-order valence-corrected chi connectivity index (χ2v) is 7.68. The minimum atomic E-state index is -0.536. The molecule has 0 N–H and O–H groups in total. The Hall–Kier alpha value is -4.50. The topological polar surface area (TPSA) is 120 Å². The molecule has 1 heterocycles. The molecule has 1 amide bonds. The molecule has 0 aliphatic carbocycles. The Morgan fingerprint density at radius 3 is 2.06 bits per heavy atom. The Morgan fingerprint density at radius 2 is 1.47 bits per heavy atom. The van der Waals surface area contributed by atoms with Gasteiger partial charge in [-0.1, -0.05) is 17.7 Å². The molecule has 9 nitrogen and oxygen atoms in total. The highest BCUT2D eigenvalue weighted by molar-refractivity contribution is 6.31. The number of carbonyl (C=O) groups is 1. The van der Waals surface area contributed by atoms with Gasteiger partial charge in [-0.25, -0.2) is 0 Å². The molecule has 0 saturated carbocycles. The van der Waals surface area contributed by atoms with Crippen molar-refractivity contribution in [3.05, 3.63) is 122 Å². The molecule has 0 bridgehead atoms. The van der Waals surface area contributed by atoms with Crippen LogP contribution in [0.25, 0.3) is 11.3 Å². The molecule has 0 unspecified atom stereocenters. The minimum Gasteiger partial charge on any atom is -0.459 e. The average molecular weight is 478 g/mol. The first kappa shape index (κ1) is 22.7. The maximum atomic E-state index is 13.3. The first-order chi connectivity index (χ1) is 16.3. The molecule has 4 rings (SSSR count). The molecule has 1 aromatic heterocycles. The van der Waals surface area contributed by atoms with Gasteiger partial charge >= 0.3 is 0 Å². The lowest BCUT2D eigenvalue weighted by Gasteiger charge is -2.22. The fourth-order valence-corrected chi connectivity index (χ4v) is 3.51. The number of nitro benzene ring substituents is 2. The summed E-state index contributed by atoms with van der Waals surface area (Å²) >= 11 is 6.13. The smallest absolute Gasteiger partial charge is 0.269 e. The van der Waals surface area contributed by atoms with Gasteiger partial charge in [0.15, 0.2) is 0 Å². The van der Waals surface area contributed by atoms with Crippen LogP contribution in [0.4, 0.5) is 17.1 Å². The van der Waals surface area contributed by atoms with Gasteiger partial charge < -0.3 is 9.32 Å². The molecule has 3 aromatic carbocycles. The van der Waals surface area contributed by atoms with E-state index in [2.05, 4.69) is 0 Å². The molecular formula is C24H16ClN3O6. The number of anilines is 1. The van der Waals surface area contributed by atoms with Crippen molar-refractivity contribution in [3.8, 4) is 11.3 Å². The van der Waals surface area contributed by atoms with Crippen LogP contribution in [0.2, 0.25) is 5.02 Å². The van der Waals surface area contributed by atoms with Gasteiger partial charge in [-0.2, -0.15) is 0 Å². The van der Waals surface area contributed by atoms with Crippen LogP contribution in [0.15, 0.2) is 89.3 Å². The van der Waals surface area contributed by atoms with Crippen LogP contribution in [0.1, 0.15) is 16.1 Å². The maximum Gasteiger partial charge on any atom is 0.269 e. The van der Waals surface area contributed by atoms with Crippen LogP contribution in [0, 0.1) is 20.2 Å². The summed E-state index contributed by atoms with van der Waals surface area (Å²) in [5.41, 5.74) is 1.27. The highest BCUT2D eigenvalue weighted by Crippen LogP contribution is 2.28. The Kier molecular flexibility index (Phi) is 6.37. The highest BCUT2D eigenvalue weighted by Gasteiger charge is 2.21. The third kappa shape index (κ3) is 4.94. The van der Waals surface area contributed by atoms with Gasteiger partial charge in [0.1, 0.15) is 11.5 Å². The molecule has 0 fully saturated rings. The summed E-state index contributed by atoms with van der Waals surface area (Å²) in [6.07, 6.45) is 0. The van der Waals surface area contributed by atoms with E-state index in [0.717, 1.165) is 0 Å². The Labute approximate surface area is 198 Å². The van der Waals surface area contributed by atoms with Crippen molar-refractivity contribution in [2.75, 3.05) is 4.90 Å². The fourth-order valence-electron chi connectivity index (χ4n) is 3.33. The van der Waals surface area contributed by atoms with Gasteiger partial charge in [0, 0.05) is 46.1 Å². The standard InChI is InChI=1S/C24H16ClN3O6/c25-18-2-1-3-21(14-18)26(24(29)17-6-10-20(11-7-17)28(32)33)15-22-12-13-23(34-22)16-4-8-19(9-5-16)27(30)31/h1-14H,15H2. The minimum absolute atomic E-state index is 0.0312. The maximum absolute atomic E-state index is 13.3. The zero-order chi connectivity index (χ0) is 24.2. The van der Waals surface area contributed by atoms with Crippen LogP contribution in [0.5, 0.6) is 0 Å². The van der Waals surface area contributed by atoms with E-state index in [1.807, 2.05) is 0 Å². The van der Waals surface area contributed by atoms with E-state index < -0.39 is 15.8 Å². The number of benzene rings is 3. The summed E-state index contributed by atoms with van der Waals surface area (Å²) in [6.45, 7) is 0.0587. The van der Waals surface area contributed by atoms with Gasteiger partial charge in [0.05, 0.1) is 16.4 Å². The number of non-ortho nitro benzene ring substituents is 2. The first-order valence-electron chi connectivity index (χ1n) is 9.97. The van der Waals surface area contributed by atoms with Crippen molar-refractivity contribution in [3.63, 3.8) is 0 Å². The summed E-state index contributed by atoms with van der Waals surface area (Å²) in [5, 5.41) is 22.2. The second-order valence-electron chi connectivity index (χ2n) is 7.25. The number of amides is 1. The molecule has 10 heteroatoms. The molecule has 0 saturated heterocycles. The molecule has 4 aromatic rings. The molecule has 0 radical (unpaired) electrons. The Morgan fingerprint density at radius 1 is 0.853 bits per heavy atom. The Balaban J connectivity index is 1.63. The van der Waals surface area contributed by atoms with E-state index in [1.54, 1.807) is 48.5 Å². The van der Waals surface area contributed by atoms with Crippen LogP contribution < -0.4 is 4.90 Å². The molecule has 0 aliphatic heterocycles. The molecular weight excluding hydrogens is 462 g/mol. The molecule has 170 valence electrons. The number of nitrogens with zero attached hydrogens (tertiary/aromatic N) is 3. The largest absolute Gasteiger partial charge is 0.459 e. The number of nitro groups is 2. The number of rotatable bonds is 7. The van der Waals surface area contributed by atoms with Gasteiger partial charge in [-0.15, -0.1) is 0 Å². The van der Waals surface area contributed by atoms with Gasteiger partial charge in [-0.3, -0.25) is 25.0 Å². The zero-order valence-corrected chi connectivity index (χ0v) is 18.2. The summed E-state index contributed by atoms with van der Waals surface area (Å²) in [6, 6.07) is 21.4. The normalized spacial score (nSPS) is 10.6. The number of carbonyl (C=O) groups excluding carboxylic acids is 1. The van der Waals surface area contributed by atoms with Crippen molar-refractivity contribution >= 4 is 34.6 Å². The summed E-state index contributed by atoms with van der Waals surface area (Å²) < 4.78 is 5.90. The van der Waals surface area contributed by atoms with Crippen molar-refractivity contribution in [2.45, 2.75) is 6.54 Å². The van der Waals surface area contributed by atoms with Crippen LogP contribution >= 0.6 is 11.6 Å². The van der Waals surface area contributed by atoms with E-state index in [1.165, 1.54) is 41.3 Å². The van der Waals surface area contributed by atoms with E-state index in [4.69, 9.17) is 16.0 Å². The van der Waals surface area contributed by atoms with E-state index in [-0.39, 0.29) is 23.5 Å². The zero-order valence-electron chi connectivity index (χ0n) is 17.5. The summed E-state index contributed by atoms with van der Waals surface area (Å²) in [7, 11) is 0. The van der Waals surface area contributed by atoms with Gasteiger partial charge in [0.2, 0.25) is 0 Å². The van der Waals surface area contributed by atoms with Crippen molar-refractivity contribution < 1.29 is 19.1 Å². The van der Waals surface area contributed by atoms with Gasteiger partial charge in [-0.05, 0) is 54.6 Å². The van der Waals surface area contributed by atoms with Gasteiger partial charge in [0.25, 0.3) is 17.3 Å². The predicted octanol–water partition coefficient (Wildman–Crippen LogP) is 6.26. The monoisotopic (exact) mass is 477 g/mol. The van der Waals surface area contributed by atoms with Crippen molar-refractivity contribution in [1.82, 2.24) is 0 Å². The number of furan rings is 1. The lowest BCUT2D eigenvalue weighted by Crippen LogP contribution is -2.30. The third-order valence-electron chi connectivity index (χ3n) is 5.03. The number of hydrogen-bond acceptors (Lipinski definition) is 6. The van der Waals surface area contributed by atoms with Crippen molar-refractivity contribution in [2.24, 2.45) is 0 Å². The van der Waals surface area contributed by atoms with Crippen LogP contribution in [-0.2, 0) is 6.54 Å². The highest BCUT2D eigenvalue weighted by atomic mass is 35.5. The SMILES string of the molecule is O=C(c1ccc([N+](=O)[O-])cc1)N(Cc1ccc(-c2ccc([N+](=O)[O-])cc2)o1)c1cccc(Cl)c1. The average Bonchev–Trinajstić information content (AvgIpc) is 3.31. The summed E-state index contributed by atoms with van der Waals surface area (Å²) in [4.78, 5) is 35.6. The lowest BCUT2D eigenvalue weighted by molar-refractivity contribution is -0.385. The number of halogens is 1. The van der Waals surface area contributed by atoms with E-state index in [0.29, 0.717) is 27.8 Å². The first-order valence-corrected chi connectivity index (χ1v) is 10.3. The van der Waals surface area contributed by atoms with E-state index >= 15 is 0 Å². The molecule has 34 heavy (non-hydrogen) atoms. The third-order valence-corrected chi connectivity index (χ3v) is 5.26. The lowest BCUT2D eigenvalue weighted by atomic mass is 10.1.